The number of likely N-dealkylation sites (N-methyl/N-ethyl adjacent to an activating group) is 1. The van der Waals surface area contributed by atoms with E-state index in [0.29, 0.717) is 0 Å². The van der Waals surface area contributed by atoms with Gasteiger partial charge in [0.05, 0.1) is 4.92 Å². The van der Waals surface area contributed by atoms with E-state index in [1.54, 1.807) is 12.1 Å². The Morgan fingerprint density at radius 2 is 1.90 bits per heavy atom. The molecule has 21 heavy (non-hydrogen) atoms. The molecule has 0 aliphatic carbocycles. The third-order valence-electron chi connectivity index (χ3n) is 3.41. The average Bonchev–Trinajstić information content (AvgIpc) is 2.96. The molecule has 112 valence electrons. The van der Waals surface area contributed by atoms with Crippen LogP contribution in [0.25, 0.3) is 0 Å². The zero-order valence-corrected chi connectivity index (χ0v) is 13.2. The molecule has 4 nitrogen and oxygen atoms in total. The molecule has 1 unspecified atom stereocenters. The van der Waals surface area contributed by atoms with Crippen LogP contribution in [0.4, 0.5) is 5.69 Å². The van der Waals surface area contributed by atoms with E-state index in [4.69, 9.17) is 0 Å². The van der Waals surface area contributed by atoms with Crippen LogP contribution >= 0.6 is 11.3 Å². The zero-order chi connectivity index (χ0) is 15.2. The van der Waals surface area contributed by atoms with Gasteiger partial charge in [-0.25, -0.2) is 0 Å². The second kappa shape index (κ2) is 7.33. The first-order valence-electron chi connectivity index (χ1n) is 7.19. The van der Waals surface area contributed by atoms with Crippen molar-refractivity contribution in [3.05, 3.63) is 61.8 Å². The van der Waals surface area contributed by atoms with Crippen molar-refractivity contribution >= 4 is 17.0 Å². The summed E-state index contributed by atoms with van der Waals surface area (Å²) in [4.78, 5) is 13.0. The van der Waals surface area contributed by atoms with Gasteiger partial charge in [-0.05, 0) is 37.1 Å². The van der Waals surface area contributed by atoms with Crippen LogP contribution in [0.3, 0.4) is 0 Å². The van der Waals surface area contributed by atoms with Gasteiger partial charge in [-0.1, -0.05) is 26.0 Å². The van der Waals surface area contributed by atoms with Gasteiger partial charge in [0.2, 0.25) is 0 Å². The van der Waals surface area contributed by atoms with Crippen LogP contribution < -0.4 is 5.32 Å². The van der Waals surface area contributed by atoms with Crippen molar-refractivity contribution < 1.29 is 4.92 Å². The molecule has 1 N–H and O–H groups in total. The van der Waals surface area contributed by atoms with Crippen LogP contribution in [-0.2, 0) is 12.8 Å². The normalized spacial score (nSPS) is 12.3. The number of nitrogens with zero attached hydrogens (tertiary/aromatic N) is 1. The van der Waals surface area contributed by atoms with E-state index in [0.717, 1.165) is 24.9 Å². The van der Waals surface area contributed by atoms with E-state index in [1.165, 1.54) is 9.75 Å². The van der Waals surface area contributed by atoms with Crippen LogP contribution in [0.15, 0.2) is 36.4 Å². The molecule has 5 heteroatoms. The maximum Gasteiger partial charge on any atom is 0.269 e. The van der Waals surface area contributed by atoms with Gasteiger partial charge in [0.15, 0.2) is 0 Å². The molecule has 0 bridgehead atoms. The van der Waals surface area contributed by atoms with Crippen molar-refractivity contribution in [3.8, 4) is 0 Å². The minimum Gasteiger partial charge on any atom is -0.309 e. The van der Waals surface area contributed by atoms with E-state index < -0.39 is 0 Å². The summed E-state index contributed by atoms with van der Waals surface area (Å²) in [7, 11) is 0. The topological polar surface area (TPSA) is 55.2 Å². The van der Waals surface area contributed by atoms with Crippen molar-refractivity contribution in [2.75, 3.05) is 6.54 Å². The fraction of sp³-hybridized carbons (Fsp3) is 0.375. The molecule has 0 fully saturated rings. The maximum absolute atomic E-state index is 10.7. The Morgan fingerprint density at radius 1 is 1.19 bits per heavy atom. The number of nitro benzene ring substituents is 1. The van der Waals surface area contributed by atoms with Gasteiger partial charge >= 0.3 is 0 Å². The van der Waals surface area contributed by atoms with Crippen molar-refractivity contribution in [2.45, 2.75) is 32.7 Å². The summed E-state index contributed by atoms with van der Waals surface area (Å²) < 4.78 is 0. The van der Waals surface area contributed by atoms with Gasteiger partial charge in [0.25, 0.3) is 5.69 Å². The van der Waals surface area contributed by atoms with Gasteiger partial charge in [-0.3, -0.25) is 10.1 Å². The quantitative estimate of drug-likeness (QED) is 0.618. The predicted octanol–water partition coefficient (Wildman–Crippen LogP) is 4.11. The van der Waals surface area contributed by atoms with E-state index >= 15 is 0 Å². The highest BCUT2D eigenvalue weighted by atomic mass is 32.1. The monoisotopic (exact) mass is 304 g/mol. The molecule has 2 aromatic rings. The number of aryl methyl sites for hydroxylation is 1. The number of hydrogen-bond donors (Lipinski definition) is 1. The Morgan fingerprint density at radius 3 is 2.43 bits per heavy atom. The minimum absolute atomic E-state index is 0.142. The van der Waals surface area contributed by atoms with Gasteiger partial charge < -0.3 is 5.32 Å². The summed E-state index contributed by atoms with van der Waals surface area (Å²) in [6.07, 6.45) is 1.90. The number of nitro groups is 1. The van der Waals surface area contributed by atoms with Gasteiger partial charge in [-0.15, -0.1) is 11.3 Å². The van der Waals surface area contributed by atoms with Gasteiger partial charge in [-0.2, -0.15) is 0 Å². The Kier molecular flexibility index (Phi) is 5.47. The fourth-order valence-electron chi connectivity index (χ4n) is 2.28. The summed E-state index contributed by atoms with van der Waals surface area (Å²) in [5.74, 6) is 0. The first-order valence-corrected chi connectivity index (χ1v) is 8.01. The zero-order valence-electron chi connectivity index (χ0n) is 12.3. The number of thiophene rings is 1. The fourth-order valence-corrected chi connectivity index (χ4v) is 3.31. The molecule has 1 aromatic heterocycles. The predicted molar refractivity (Wildman–Crippen MR) is 86.9 cm³/mol. The summed E-state index contributed by atoms with van der Waals surface area (Å²) in [6.45, 7) is 5.16. The molecule has 0 amide bonds. The largest absolute Gasteiger partial charge is 0.309 e. The summed E-state index contributed by atoms with van der Waals surface area (Å²) in [5, 5.41) is 14.2. The maximum atomic E-state index is 10.7. The van der Waals surface area contributed by atoms with E-state index in [-0.39, 0.29) is 16.7 Å². The van der Waals surface area contributed by atoms with Crippen molar-refractivity contribution in [1.29, 1.82) is 0 Å². The molecule has 0 aliphatic rings. The van der Waals surface area contributed by atoms with E-state index in [1.807, 2.05) is 23.5 Å². The number of benzene rings is 1. The Labute approximate surface area is 129 Å². The molecule has 1 atom stereocenters. The smallest absolute Gasteiger partial charge is 0.269 e. The molecule has 0 saturated heterocycles. The second-order valence-electron chi connectivity index (χ2n) is 4.90. The molecule has 1 heterocycles. The minimum atomic E-state index is -0.363. The third-order valence-corrected chi connectivity index (χ3v) is 4.76. The number of non-ortho nitro benzene ring substituents is 1. The standard InChI is InChI=1S/C16H20N2O2S/c1-3-14-9-10-16(21-14)15(17-4-2)11-12-5-7-13(8-6-12)18(19)20/h5-10,15,17H,3-4,11H2,1-2H3. The van der Waals surface area contributed by atoms with Crippen LogP contribution in [0.5, 0.6) is 0 Å². The van der Waals surface area contributed by atoms with Crippen molar-refractivity contribution in [2.24, 2.45) is 0 Å². The van der Waals surface area contributed by atoms with Crippen molar-refractivity contribution in [1.82, 2.24) is 5.32 Å². The lowest BCUT2D eigenvalue weighted by Gasteiger charge is -2.16. The highest BCUT2D eigenvalue weighted by molar-refractivity contribution is 7.12. The van der Waals surface area contributed by atoms with Crippen LogP contribution in [-0.4, -0.2) is 11.5 Å². The van der Waals surface area contributed by atoms with Gasteiger partial charge in [0.1, 0.15) is 0 Å². The molecule has 2 rings (SSSR count). The SMILES string of the molecule is CCNC(Cc1ccc([N+](=O)[O-])cc1)c1ccc(CC)s1. The van der Waals surface area contributed by atoms with Crippen LogP contribution in [0.1, 0.15) is 35.2 Å². The Bertz CT molecular complexity index is 593. The number of rotatable bonds is 7. The highest BCUT2D eigenvalue weighted by Crippen LogP contribution is 2.27. The summed E-state index contributed by atoms with van der Waals surface area (Å²) >= 11 is 1.84. The lowest BCUT2D eigenvalue weighted by Crippen LogP contribution is -2.22. The summed E-state index contributed by atoms with van der Waals surface area (Å²) in [5.41, 5.74) is 1.25. The van der Waals surface area contributed by atoms with Crippen molar-refractivity contribution in [3.63, 3.8) is 0 Å². The van der Waals surface area contributed by atoms with Crippen LogP contribution in [0.2, 0.25) is 0 Å². The molecule has 0 spiro atoms. The molecule has 1 aromatic carbocycles. The van der Waals surface area contributed by atoms with E-state index in [9.17, 15) is 10.1 Å². The third kappa shape index (κ3) is 4.12. The van der Waals surface area contributed by atoms with Crippen LogP contribution in [0, 0.1) is 10.1 Å². The van der Waals surface area contributed by atoms with E-state index in [2.05, 4.69) is 31.3 Å². The highest BCUT2D eigenvalue weighted by Gasteiger charge is 2.14. The second-order valence-corrected chi connectivity index (χ2v) is 6.10. The lowest BCUT2D eigenvalue weighted by molar-refractivity contribution is -0.384. The average molecular weight is 304 g/mol. The Hall–Kier alpha value is -1.72. The van der Waals surface area contributed by atoms with Gasteiger partial charge in [0, 0.05) is 27.9 Å². The first kappa shape index (κ1) is 15.7. The number of hydrogen-bond acceptors (Lipinski definition) is 4. The molecule has 0 aliphatic heterocycles. The molecule has 0 radical (unpaired) electrons. The molecular formula is C16H20N2O2S. The molecule has 0 saturated carbocycles. The molecular weight excluding hydrogens is 284 g/mol. The number of nitrogens with one attached hydrogen (secondary N) is 1. The lowest BCUT2D eigenvalue weighted by atomic mass is 10.0. The first-order chi connectivity index (χ1) is 10.1. The Balaban J connectivity index is 2.13. The summed E-state index contributed by atoms with van der Waals surface area (Å²) in [6, 6.07) is 11.5.